The van der Waals surface area contributed by atoms with Crippen molar-refractivity contribution in [2.75, 3.05) is 10.6 Å². The summed E-state index contributed by atoms with van der Waals surface area (Å²) in [6, 6.07) is 16.5. The Morgan fingerprint density at radius 2 is 1.68 bits per heavy atom. The van der Waals surface area contributed by atoms with Crippen LogP contribution in [0.4, 0.5) is 11.4 Å². The van der Waals surface area contributed by atoms with E-state index in [1.807, 2.05) is 37.3 Å². The van der Waals surface area contributed by atoms with E-state index in [0.29, 0.717) is 23.0 Å². The molecule has 0 fully saturated rings. The van der Waals surface area contributed by atoms with E-state index < -0.39 is 0 Å². The standard InChI is InChI=1S/C19H20N6O2S/c1-3-17(18(27)21-15-11-9-14(10-12-15)20-13(2)26)28-19-22-23-24-25(19)16-7-5-4-6-8-16/h4-12,17H,3H2,1-2H3,(H,20,26)(H,21,27)/t17-/m0/s1. The molecule has 0 aliphatic rings. The van der Waals surface area contributed by atoms with Crippen LogP contribution in [0.2, 0.25) is 0 Å². The molecule has 2 N–H and O–H groups in total. The van der Waals surface area contributed by atoms with Crippen LogP contribution < -0.4 is 10.6 Å². The lowest BCUT2D eigenvalue weighted by Crippen LogP contribution is -2.25. The molecule has 28 heavy (non-hydrogen) atoms. The van der Waals surface area contributed by atoms with Crippen LogP contribution >= 0.6 is 11.8 Å². The van der Waals surface area contributed by atoms with Gasteiger partial charge in [-0.1, -0.05) is 36.9 Å². The summed E-state index contributed by atoms with van der Waals surface area (Å²) in [5.74, 6) is -0.280. The molecule has 0 aliphatic carbocycles. The number of para-hydroxylation sites is 1. The third-order valence-electron chi connectivity index (χ3n) is 3.83. The van der Waals surface area contributed by atoms with E-state index in [9.17, 15) is 9.59 Å². The van der Waals surface area contributed by atoms with E-state index in [1.165, 1.54) is 18.7 Å². The first-order valence-electron chi connectivity index (χ1n) is 8.75. The number of carbonyl (C=O) groups excluding carboxylic acids is 2. The summed E-state index contributed by atoms with van der Waals surface area (Å²) in [6.45, 7) is 3.38. The minimum atomic E-state index is -0.358. The van der Waals surface area contributed by atoms with Gasteiger partial charge in [-0.15, -0.1) is 5.10 Å². The number of tetrazole rings is 1. The van der Waals surface area contributed by atoms with Crippen LogP contribution in [0.3, 0.4) is 0 Å². The normalized spacial score (nSPS) is 11.6. The van der Waals surface area contributed by atoms with Crippen LogP contribution in [0.1, 0.15) is 20.3 Å². The van der Waals surface area contributed by atoms with Crippen LogP contribution in [0, 0.1) is 0 Å². The van der Waals surface area contributed by atoms with Crippen LogP contribution in [-0.2, 0) is 9.59 Å². The zero-order valence-corrected chi connectivity index (χ0v) is 16.3. The molecule has 9 heteroatoms. The fourth-order valence-electron chi connectivity index (χ4n) is 2.50. The Labute approximate surface area is 166 Å². The maximum Gasteiger partial charge on any atom is 0.237 e. The van der Waals surface area contributed by atoms with Gasteiger partial charge in [0.2, 0.25) is 17.0 Å². The van der Waals surface area contributed by atoms with Crippen molar-refractivity contribution in [3.63, 3.8) is 0 Å². The first-order valence-corrected chi connectivity index (χ1v) is 9.63. The first kappa shape index (κ1) is 19.6. The maximum atomic E-state index is 12.7. The van der Waals surface area contributed by atoms with Gasteiger partial charge in [0.05, 0.1) is 10.9 Å². The number of benzene rings is 2. The highest BCUT2D eigenvalue weighted by Crippen LogP contribution is 2.26. The zero-order valence-electron chi connectivity index (χ0n) is 15.5. The minimum Gasteiger partial charge on any atom is -0.326 e. The van der Waals surface area contributed by atoms with Gasteiger partial charge in [0, 0.05) is 18.3 Å². The molecule has 8 nitrogen and oxygen atoms in total. The summed E-state index contributed by atoms with van der Waals surface area (Å²) in [7, 11) is 0. The predicted octanol–water partition coefficient (Wildman–Crippen LogP) is 3.13. The monoisotopic (exact) mass is 396 g/mol. The van der Waals surface area contributed by atoms with Gasteiger partial charge < -0.3 is 10.6 Å². The average Bonchev–Trinajstić information content (AvgIpc) is 3.16. The molecular formula is C19H20N6O2S. The molecule has 3 rings (SSSR count). The number of thioether (sulfide) groups is 1. The number of nitrogens with zero attached hydrogens (tertiary/aromatic N) is 4. The van der Waals surface area contributed by atoms with Crippen LogP contribution in [-0.4, -0.2) is 37.3 Å². The van der Waals surface area contributed by atoms with Crippen molar-refractivity contribution in [3.05, 3.63) is 54.6 Å². The molecule has 0 radical (unpaired) electrons. The molecule has 0 saturated heterocycles. The zero-order chi connectivity index (χ0) is 19.9. The summed E-state index contributed by atoms with van der Waals surface area (Å²) in [5, 5.41) is 17.6. The number of hydrogen-bond donors (Lipinski definition) is 2. The lowest BCUT2D eigenvalue weighted by molar-refractivity contribution is -0.116. The van der Waals surface area contributed by atoms with Gasteiger partial charge >= 0.3 is 0 Å². The highest BCUT2D eigenvalue weighted by atomic mass is 32.2. The van der Waals surface area contributed by atoms with E-state index >= 15 is 0 Å². The molecule has 0 bridgehead atoms. The molecule has 144 valence electrons. The Kier molecular flexibility index (Phi) is 6.38. The summed E-state index contributed by atoms with van der Waals surface area (Å²) in [6.07, 6.45) is 0.613. The van der Waals surface area contributed by atoms with Gasteiger partial charge in [0.1, 0.15) is 0 Å². The van der Waals surface area contributed by atoms with Gasteiger partial charge in [-0.3, -0.25) is 9.59 Å². The van der Waals surface area contributed by atoms with Gasteiger partial charge in [-0.05, 0) is 53.2 Å². The predicted molar refractivity (Wildman–Crippen MR) is 108 cm³/mol. The van der Waals surface area contributed by atoms with Gasteiger partial charge in [-0.25, -0.2) is 0 Å². The number of nitrogens with one attached hydrogen (secondary N) is 2. The minimum absolute atomic E-state index is 0.137. The SMILES string of the molecule is CC[C@H](Sc1nnnn1-c1ccccc1)C(=O)Nc1ccc(NC(C)=O)cc1. The third-order valence-corrected chi connectivity index (χ3v) is 5.12. The second-order valence-electron chi connectivity index (χ2n) is 5.97. The summed E-state index contributed by atoms with van der Waals surface area (Å²) >= 11 is 1.31. The van der Waals surface area contributed by atoms with Gasteiger partial charge in [0.25, 0.3) is 0 Å². The van der Waals surface area contributed by atoms with Gasteiger partial charge in [0.15, 0.2) is 0 Å². The first-order chi connectivity index (χ1) is 13.6. The van der Waals surface area contributed by atoms with Gasteiger partial charge in [-0.2, -0.15) is 4.68 Å². The molecular weight excluding hydrogens is 376 g/mol. The maximum absolute atomic E-state index is 12.7. The number of aromatic nitrogens is 4. The lowest BCUT2D eigenvalue weighted by Gasteiger charge is -2.14. The Hall–Kier alpha value is -3.20. The third kappa shape index (κ3) is 4.95. The highest BCUT2D eigenvalue weighted by molar-refractivity contribution is 8.00. The molecule has 0 saturated carbocycles. The number of amides is 2. The Morgan fingerprint density at radius 3 is 2.29 bits per heavy atom. The molecule has 2 aromatic carbocycles. The topological polar surface area (TPSA) is 102 Å². The van der Waals surface area contributed by atoms with E-state index in [-0.39, 0.29) is 17.1 Å². The molecule has 0 spiro atoms. The fraction of sp³-hybridized carbons (Fsp3) is 0.211. The van der Waals surface area contributed by atoms with Crippen LogP contribution in [0.25, 0.3) is 5.69 Å². The van der Waals surface area contributed by atoms with Crippen molar-refractivity contribution in [3.8, 4) is 5.69 Å². The largest absolute Gasteiger partial charge is 0.326 e. The number of carbonyl (C=O) groups is 2. The van der Waals surface area contributed by atoms with Crippen LogP contribution in [0.15, 0.2) is 59.8 Å². The molecule has 0 unspecified atom stereocenters. The molecule has 0 aliphatic heterocycles. The lowest BCUT2D eigenvalue weighted by atomic mass is 10.2. The average molecular weight is 396 g/mol. The fourth-order valence-corrected chi connectivity index (χ4v) is 3.41. The molecule has 1 atom stereocenters. The second kappa shape index (κ2) is 9.14. The van der Waals surface area contributed by atoms with Crippen molar-refractivity contribution in [1.82, 2.24) is 20.2 Å². The van der Waals surface area contributed by atoms with E-state index in [1.54, 1.807) is 28.9 Å². The number of anilines is 2. The quantitative estimate of drug-likeness (QED) is 0.595. The Balaban J connectivity index is 1.68. The second-order valence-corrected chi connectivity index (χ2v) is 7.14. The number of hydrogen-bond acceptors (Lipinski definition) is 6. The van der Waals surface area contributed by atoms with E-state index in [4.69, 9.17) is 0 Å². The summed E-state index contributed by atoms with van der Waals surface area (Å²) < 4.78 is 1.61. The van der Waals surface area contributed by atoms with Crippen molar-refractivity contribution >= 4 is 35.0 Å². The Bertz CT molecular complexity index is 943. The van der Waals surface area contributed by atoms with Crippen molar-refractivity contribution in [2.45, 2.75) is 30.7 Å². The van der Waals surface area contributed by atoms with E-state index in [0.717, 1.165) is 5.69 Å². The summed E-state index contributed by atoms with van der Waals surface area (Å²) in [5.41, 5.74) is 2.16. The van der Waals surface area contributed by atoms with Crippen molar-refractivity contribution in [2.24, 2.45) is 0 Å². The molecule has 2 amide bonds. The Morgan fingerprint density at radius 1 is 1.04 bits per heavy atom. The van der Waals surface area contributed by atoms with E-state index in [2.05, 4.69) is 26.2 Å². The highest BCUT2D eigenvalue weighted by Gasteiger charge is 2.22. The molecule has 1 aromatic heterocycles. The van der Waals surface area contributed by atoms with Crippen molar-refractivity contribution in [1.29, 1.82) is 0 Å². The molecule has 1 heterocycles. The molecule has 3 aromatic rings. The van der Waals surface area contributed by atoms with Crippen LogP contribution in [0.5, 0.6) is 0 Å². The smallest absolute Gasteiger partial charge is 0.237 e. The van der Waals surface area contributed by atoms with Crippen molar-refractivity contribution < 1.29 is 9.59 Å². The summed E-state index contributed by atoms with van der Waals surface area (Å²) in [4.78, 5) is 23.8. The number of rotatable bonds is 7.